The molecule has 0 aromatic heterocycles. The molecule has 0 saturated carbocycles. The maximum atomic E-state index is 12.3. The summed E-state index contributed by atoms with van der Waals surface area (Å²) in [5.41, 5.74) is 6.91. The molecule has 1 amide bonds. The van der Waals surface area contributed by atoms with Crippen molar-refractivity contribution in [3.8, 4) is 0 Å². The van der Waals surface area contributed by atoms with Crippen LogP contribution < -0.4 is 16.0 Å². The van der Waals surface area contributed by atoms with E-state index in [1.165, 1.54) is 5.56 Å². The van der Waals surface area contributed by atoms with Gasteiger partial charge in [0.25, 0.3) is 5.91 Å². The molecule has 3 N–H and O–H groups in total. The van der Waals surface area contributed by atoms with E-state index in [1.54, 1.807) is 6.20 Å². The van der Waals surface area contributed by atoms with Gasteiger partial charge in [0.2, 0.25) is 0 Å². The molecule has 2 aromatic carbocycles. The van der Waals surface area contributed by atoms with Crippen LogP contribution in [0.5, 0.6) is 0 Å². The van der Waals surface area contributed by atoms with Crippen LogP contribution in [-0.4, -0.2) is 37.0 Å². The van der Waals surface area contributed by atoms with Gasteiger partial charge in [0.05, 0.1) is 5.57 Å². The molecule has 0 radical (unpaired) electrons. The lowest BCUT2D eigenvalue weighted by Gasteiger charge is -2.19. The van der Waals surface area contributed by atoms with E-state index in [9.17, 15) is 4.79 Å². The normalized spacial score (nSPS) is 14.3. The van der Waals surface area contributed by atoms with Crippen LogP contribution in [0.4, 0.5) is 17.1 Å². The summed E-state index contributed by atoms with van der Waals surface area (Å²) in [5, 5.41) is 9.73. The number of benzene rings is 2. The Labute approximate surface area is 167 Å². The van der Waals surface area contributed by atoms with Crippen molar-refractivity contribution in [1.82, 2.24) is 4.90 Å². The Morgan fingerprint density at radius 3 is 2.57 bits per heavy atom. The summed E-state index contributed by atoms with van der Waals surface area (Å²) < 4.78 is 0. The monoisotopic (exact) mass is 378 g/mol. The lowest BCUT2D eigenvalue weighted by Crippen LogP contribution is -2.28. The topological polar surface area (TPSA) is 56.4 Å². The SMILES string of the molecule is CCN(CC)CCNc1ccc(N/C=C2/C(=O)Nc3cccc(C)c32)cc1C. The van der Waals surface area contributed by atoms with Gasteiger partial charge in [-0.25, -0.2) is 0 Å². The number of nitrogens with zero attached hydrogens (tertiary/aromatic N) is 1. The number of aryl methyl sites for hydroxylation is 2. The van der Waals surface area contributed by atoms with Gasteiger partial charge >= 0.3 is 0 Å². The van der Waals surface area contributed by atoms with Gasteiger partial charge in [0, 0.05) is 41.9 Å². The number of carbonyl (C=O) groups is 1. The first kappa shape index (κ1) is 20.0. The van der Waals surface area contributed by atoms with Gasteiger partial charge < -0.3 is 20.9 Å². The minimum Gasteiger partial charge on any atom is -0.384 e. The molecule has 1 aliphatic heterocycles. The Morgan fingerprint density at radius 2 is 1.86 bits per heavy atom. The zero-order valence-corrected chi connectivity index (χ0v) is 17.2. The van der Waals surface area contributed by atoms with E-state index in [1.807, 2.05) is 31.2 Å². The van der Waals surface area contributed by atoms with Crippen LogP contribution in [-0.2, 0) is 4.79 Å². The van der Waals surface area contributed by atoms with Crippen LogP contribution in [0.2, 0.25) is 0 Å². The highest BCUT2D eigenvalue weighted by Gasteiger charge is 2.25. The number of hydrogen-bond acceptors (Lipinski definition) is 4. The summed E-state index contributed by atoms with van der Waals surface area (Å²) in [6, 6.07) is 12.1. The quantitative estimate of drug-likeness (QED) is 0.594. The first-order valence-corrected chi connectivity index (χ1v) is 9.98. The standard InChI is InChI=1S/C23H30N4O/c1-5-27(6-2)13-12-24-20-11-10-18(14-17(20)4)25-15-19-22-16(3)8-7-9-21(22)26-23(19)28/h7-11,14-15,24-25H,5-6,12-13H2,1-4H3,(H,26,28)/b19-15+. The lowest BCUT2D eigenvalue weighted by atomic mass is 10.0. The summed E-state index contributed by atoms with van der Waals surface area (Å²) in [4.78, 5) is 14.7. The first-order valence-electron chi connectivity index (χ1n) is 9.98. The summed E-state index contributed by atoms with van der Waals surface area (Å²) in [6.07, 6.45) is 1.80. The van der Waals surface area contributed by atoms with Crippen LogP contribution in [0.15, 0.2) is 42.6 Å². The van der Waals surface area contributed by atoms with Crippen LogP contribution in [0, 0.1) is 13.8 Å². The molecular formula is C23H30N4O. The van der Waals surface area contributed by atoms with Crippen molar-refractivity contribution in [1.29, 1.82) is 0 Å². The highest BCUT2D eigenvalue weighted by Crippen LogP contribution is 2.34. The molecule has 1 aliphatic rings. The molecule has 0 bridgehead atoms. The van der Waals surface area contributed by atoms with E-state index in [-0.39, 0.29) is 5.91 Å². The predicted molar refractivity (Wildman–Crippen MR) is 119 cm³/mol. The fourth-order valence-corrected chi connectivity index (χ4v) is 3.57. The van der Waals surface area contributed by atoms with Gasteiger partial charge in [-0.3, -0.25) is 4.79 Å². The third kappa shape index (κ3) is 4.37. The summed E-state index contributed by atoms with van der Waals surface area (Å²) in [6.45, 7) is 12.6. The van der Waals surface area contributed by atoms with Gasteiger partial charge in [-0.1, -0.05) is 26.0 Å². The molecule has 148 valence electrons. The molecule has 28 heavy (non-hydrogen) atoms. The fraction of sp³-hybridized carbons (Fsp3) is 0.348. The fourth-order valence-electron chi connectivity index (χ4n) is 3.57. The van der Waals surface area contributed by atoms with Crippen LogP contribution >= 0.6 is 0 Å². The highest BCUT2D eigenvalue weighted by molar-refractivity contribution is 6.32. The molecule has 0 fully saturated rings. The molecule has 3 rings (SSSR count). The maximum Gasteiger partial charge on any atom is 0.257 e. The van der Waals surface area contributed by atoms with Crippen molar-refractivity contribution in [2.45, 2.75) is 27.7 Å². The number of likely N-dealkylation sites (N-methyl/N-ethyl adjacent to an activating group) is 1. The molecular weight excluding hydrogens is 348 g/mol. The third-order valence-electron chi connectivity index (χ3n) is 5.28. The molecule has 5 heteroatoms. The zero-order chi connectivity index (χ0) is 20.1. The van der Waals surface area contributed by atoms with E-state index >= 15 is 0 Å². The zero-order valence-electron chi connectivity index (χ0n) is 17.2. The summed E-state index contributed by atoms with van der Waals surface area (Å²) >= 11 is 0. The minimum absolute atomic E-state index is 0.0665. The van der Waals surface area contributed by atoms with Crippen molar-refractivity contribution in [2.75, 3.05) is 42.1 Å². The molecule has 5 nitrogen and oxygen atoms in total. The van der Waals surface area contributed by atoms with Crippen LogP contribution in [0.1, 0.15) is 30.5 Å². The Hall–Kier alpha value is -2.79. The summed E-state index contributed by atoms with van der Waals surface area (Å²) in [7, 11) is 0. The summed E-state index contributed by atoms with van der Waals surface area (Å²) in [5.74, 6) is -0.0665. The molecule has 0 saturated heterocycles. The molecule has 2 aromatic rings. The van der Waals surface area contributed by atoms with Crippen molar-refractivity contribution in [3.63, 3.8) is 0 Å². The van der Waals surface area contributed by atoms with E-state index in [0.717, 1.165) is 54.4 Å². The second kappa shape index (κ2) is 8.93. The number of fused-ring (bicyclic) bond motifs is 1. The van der Waals surface area contributed by atoms with Gasteiger partial charge in [-0.15, -0.1) is 0 Å². The van der Waals surface area contributed by atoms with Crippen molar-refractivity contribution >= 4 is 28.5 Å². The average Bonchev–Trinajstić information content (AvgIpc) is 3.01. The molecule has 0 atom stereocenters. The number of anilines is 3. The van der Waals surface area contributed by atoms with Crippen molar-refractivity contribution in [2.24, 2.45) is 0 Å². The minimum atomic E-state index is -0.0665. The molecule has 0 unspecified atom stereocenters. The number of amides is 1. The van der Waals surface area contributed by atoms with E-state index in [2.05, 4.69) is 53.8 Å². The first-order chi connectivity index (χ1) is 13.5. The second-order valence-electron chi connectivity index (χ2n) is 7.14. The number of carbonyl (C=O) groups excluding carboxylic acids is 1. The van der Waals surface area contributed by atoms with Crippen LogP contribution in [0.3, 0.4) is 0 Å². The number of rotatable bonds is 8. The third-order valence-corrected chi connectivity index (χ3v) is 5.28. The van der Waals surface area contributed by atoms with Crippen molar-refractivity contribution < 1.29 is 4.79 Å². The van der Waals surface area contributed by atoms with Gasteiger partial charge in [-0.05, 0) is 62.3 Å². The Balaban J connectivity index is 1.67. The highest BCUT2D eigenvalue weighted by atomic mass is 16.2. The largest absolute Gasteiger partial charge is 0.384 e. The van der Waals surface area contributed by atoms with Gasteiger partial charge in [0.15, 0.2) is 0 Å². The van der Waals surface area contributed by atoms with E-state index < -0.39 is 0 Å². The smallest absolute Gasteiger partial charge is 0.257 e. The lowest BCUT2D eigenvalue weighted by molar-refractivity contribution is -0.110. The Kier molecular flexibility index (Phi) is 6.37. The van der Waals surface area contributed by atoms with E-state index in [0.29, 0.717) is 5.57 Å². The Bertz CT molecular complexity index is 884. The Morgan fingerprint density at radius 1 is 1.07 bits per heavy atom. The molecule has 0 spiro atoms. The number of nitrogens with one attached hydrogen (secondary N) is 3. The predicted octanol–water partition coefficient (Wildman–Crippen LogP) is 4.46. The van der Waals surface area contributed by atoms with Crippen LogP contribution in [0.25, 0.3) is 5.57 Å². The maximum absolute atomic E-state index is 12.3. The van der Waals surface area contributed by atoms with Gasteiger partial charge in [-0.2, -0.15) is 0 Å². The number of hydrogen-bond donors (Lipinski definition) is 3. The van der Waals surface area contributed by atoms with Crippen molar-refractivity contribution in [3.05, 3.63) is 59.3 Å². The molecule has 1 heterocycles. The van der Waals surface area contributed by atoms with Gasteiger partial charge in [0.1, 0.15) is 0 Å². The van der Waals surface area contributed by atoms with E-state index in [4.69, 9.17) is 0 Å². The molecule has 0 aliphatic carbocycles. The second-order valence-corrected chi connectivity index (χ2v) is 7.14. The average molecular weight is 379 g/mol.